The van der Waals surface area contributed by atoms with E-state index in [1.807, 2.05) is 6.07 Å². The predicted octanol–water partition coefficient (Wildman–Crippen LogP) is 5.50. The first-order valence-corrected chi connectivity index (χ1v) is 11.8. The first-order chi connectivity index (χ1) is 16.9. The molecular weight excluding hydrogens is 448 g/mol. The lowest BCUT2D eigenvalue weighted by atomic mass is 10.0. The standard InChI is InChI=1S/C28H29F2N3O2/c1-3-19-5-4-6-20(11-19)17-31-10-9-25(14-21-12-23(29)16-24(30)13-21)33-28(34)22-7-8-26-27(15-22)35-18(2)32-26/h4-8,11-13,15-16,25,31H,3,9-10,14,17H2,1-2H3,(H,33,34)/t25-/m1/s1. The molecule has 7 heteroatoms. The number of fused-ring (bicyclic) bond motifs is 1. The molecule has 5 nitrogen and oxygen atoms in total. The number of amides is 1. The van der Waals surface area contributed by atoms with Gasteiger partial charge in [0.05, 0.1) is 0 Å². The van der Waals surface area contributed by atoms with Crippen molar-refractivity contribution in [3.05, 3.63) is 100 Å². The van der Waals surface area contributed by atoms with Crippen LogP contribution >= 0.6 is 0 Å². The number of hydrogen-bond acceptors (Lipinski definition) is 4. The second-order valence-corrected chi connectivity index (χ2v) is 8.71. The number of carbonyl (C=O) groups excluding carboxylic acids is 1. The summed E-state index contributed by atoms with van der Waals surface area (Å²) >= 11 is 0. The number of aryl methyl sites for hydroxylation is 2. The van der Waals surface area contributed by atoms with Crippen LogP contribution in [0, 0.1) is 18.6 Å². The van der Waals surface area contributed by atoms with Crippen LogP contribution in [0.15, 0.2) is 65.1 Å². The third-order valence-electron chi connectivity index (χ3n) is 5.90. The van der Waals surface area contributed by atoms with Crippen LogP contribution in [-0.2, 0) is 19.4 Å². The van der Waals surface area contributed by atoms with Gasteiger partial charge in [0.25, 0.3) is 5.91 Å². The first kappa shape index (κ1) is 24.5. The molecule has 35 heavy (non-hydrogen) atoms. The number of aromatic nitrogens is 1. The summed E-state index contributed by atoms with van der Waals surface area (Å²) in [6, 6.07) is 16.6. The predicted molar refractivity (Wildman–Crippen MR) is 132 cm³/mol. The van der Waals surface area contributed by atoms with Gasteiger partial charge in [-0.25, -0.2) is 13.8 Å². The van der Waals surface area contributed by atoms with Crippen LogP contribution in [0.3, 0.4) is 0 Å². The number of oxazole rings is 1. The molecule has 1 aromatic heterocycles. The quantitative estimate of drug-likeness (QED) is 0.296. The van der Waals surface area contributed by atoms with E-state index in [-0.39, 0.29) is 11.9 Å². The highest BCUT2D eigenvalue weighted by atomic mass is 19.1. The van der Waals surface area contributed by atoms with Crippen molar-refractivity contribution in [2.24, 2.45) is 0 Å². The van der Waals surface area contributed by atoms with E-state index in [9.17, 15) is 13.6 Å². The Labute approximate surface area is 203 Å². The number of nitrogens with one attached hydrogen (secondary N) is 2. The lowest BCUT2D eigenvalue weighted by Crippen LogP contribution is -2.38. The van der Waals surface area contributed by atoms with Crippen LogP contribution < -0.4 is 10.6 Å². The zero-order valence-electron chi connectivity index (χ0n) is 19.9. The minimum Gasteiger partial charge on any atom is -0.441 e. The van der Waals surface area contributed by atoms with E-state index in [0.29, 0.717) is 54.0 Å². The van der Waals surface area contributed by atoms with Gasteiger partial charge in [-0.05, 0) is 72.8 Å². The fourth-order valence-corrected chi connectivity index (χ4v) is 4.16. The smallest absolute Gasteiger partial charge is 0.251 e. The van der Waals surface area contributed by atoms with Gasteiger partial charge in [-0.15, -0.1) is 0 Å². The van der Waals surface area contributed by atoms with Crippen LogP contribution in [0.2, 0.25) is 0 Å². The van der Waals surface area contributed by atoms with Gasteiger partial charge in [-0.1, -0.05) is 31.2 Å². The molecule has 1 atom stereocenters. The van der Waals surface area contributed by atoms with Crippen molar-refractivity contribution in [1.82, 2.24) is 15.6 Å². The molecule has 1 heterocycles. The lowest BCUT2D eigenvalue weighted by Gasteiger charge is -2.20. The number of rotatable bonds is 10. The average Bonchev–Trinajstić information content (AvgIpc) is 3.20. The number of nitrogens with zero attached hydrogens (tertiary/aromatic N) is 1. The maximum atomic E-state index is 13.8. The number of benzene rings is 3. The summed E-state index contributed by atoms with van der Waals surface area (Å²) in [6.07, 6.45) is 1.86. The van der Waals surface area contributed by atoms with Crippen molar-refractivity contribution in [2.45, 2.75) is 45.7 Å². The van der Waals surface area contributed by atoms with Crippen molar-refractivity contribution in [2.75, 3.05) is 6.54 Å². The van der Waals surface area contributed by atoms with Crippen LogP contribution in [0.5, 0.6) is 0 Å². The molecule has 0 aliphatic heterocycles. The molecule has 0 saturated heterocycles. The van der Waals surface area contributed by atoms with E-state index in [0.717, 1.165) is 12.5 Å². The second kappa shape index (κ2) is 11.2. The maximum Gasteiger partial charge on any atom is 0.251 e. The molecule has 0 aliphatic rings. The molecule has 4 rings (SSSR count). The van der Waals surface area contributed by atoms with Gasteiger partial charge in [0.2, 0.25) is 0 Å². The molecule has 0 radical (unpaired) electrons. The molecule has 182 valence electrons. The summed E-state index contributed by atoms with van der Waals surface area (Å²) in [6.45, 7) is 5.19. The van der Waals surface area contributed by atoms with E-state index in [1.54, 1.807) is 25.1 Å². The third kappa shape index (κ3) is 6.73. The second-order valence-electron chi connectivity index (χ2n) is 8.71. The number of carbonyl (C=O) groups is 1. The zero-order valence-corrected chi connectivity index (χ0v) is 19.9. The van der Waals surface area contributed by atoms with Gasteiger partial charge in [0.15, 0.2) is 11.5 Å². The van der Waals surface area contributed by atoms with Crippen molar-refractivity contribution in [3.63, 3.8) is 0 Å². The van der Waals surface area contributed by atoms with Crippen LogP contribution in [-0.4, -0.2) is 23.5 Å². The molecule has 0 aliphatic carbocycles. The summed E-state index contributed by atoms with van der Waals surface area (Å²) in [7, 11) is 0. The maximum absolute atomic E-state index is 13.8. The summed E-state index contributed by atoms with van der Waals surface area (Å²) < 4.78 is 33.1. The Balaban J connectivity index is 1.43. The lowest BCUT2D eigenvalue weighted by molar-refractivity contribution is 0.0935. The highest BCUT2D eigenvalue weighted by molar-refractivity contribution is 5.97. The monoisotopic (exact) mass is 477 g/mol. The van der Waals surface area contributed by atoms with E-state index in [2.05, 4.69) is 40.7 Å². The van der Waals surface area contributed by atoms with E-state index in [1.165, 1.54) is 23.3 Å². The number of hydrogen-bond donors (Lipinski definition) is 2. The van der Waals surface area contributed by atoms with Crippen LogP contribution in [0.25, 0.3) is 11.1 Å². The summed E-state index contributed by atoms with van der Waals surface area (Å²) in [5.41, 5.74) is 4.62. The molecule has 0 spiro atoms. The normalized spacial score (nSPS) is 12.1. The third-order valence-corrected chi connectivity index (χ3v) is 5.90. The molecule has 2 N–H and O–H groups in total. The highest BCUT2D eigenvalue weighted by Gasteiger charge is 2.17. The molecule has 0 saturated carbocycles. The Hall–Kier alpha value is -3.58. The Kier molecular flexibility index (Phi) is 7.87. The largest absolute Gasteiger partial charge is 0.441 e. The van der Waals surface area contributed by atoms with Gasteiger partial charge in [0, 0.05) is 31.1 Å². The van der Waals surface area contributed by atoms with Crippen molar-refractivity contribution < 1.29 is 18.0 Å². The Morgan fingerprint density at radius 1 is 1.00 bits per heavy atom. The highest BCUT2D eigenvalue weighted by Crippen LogP contribution is 2.18. The average molecular weight is 478 g/mol. The van der Waals surface area contributed by atoms with Crippen LogP contribution in [0.1, 0.15) is 46.3 Å². The fraction of sp³-hybridized carbons (Fsp3) is 0.286. The fourth-order valence-electron chi connectivity index (χ4n) is 4.16. The molecule has 3 aromatic carbocycles. The van der Waals surface area contributed by atoms with Crippen LogP contribution in [0.4, 0.5) is 8.78 Å². The summed E-state index contributed by atoms with van der Waals surface area (Å²) in [5.74, 6) is -1.02. The Bertz CT molecular complexity index is 1300. The minimum atomic E-state index is -0.634. The summed E-state index contributed by atoms with van der Waals surface area (Å²) in [4.78, 5) is 17.3. The Morgan fingerprint density at radius 3 is 2.54 bits per heavy atom. The molecule has 0 fully saturated rings. The van der Waals surface area contributed by atoms with Crippen molar-refractivity contribution in [3.8, 4) is 0 Å². The van der Waals surface area contributed by atoms with Gasteiger partial charge >= 0.3 is 0 Å². The van der Waals surface area contributed by atoms with Crippen molar-refractivity contribution >= 4 is 17.0 Å². The molecular formula is C28H29F2N3O2. The van der Waals surface area contributed by atoms with Gasteiger partial charge < -0.3 is 15.1 Å². The minimum absolute atomic E-state index is 0.279. The zero-order chi connectivity index (χ0) is 24.8. The molecule has 4 aromatic rings. The molecule has 0 unspecified atom stereocenters. The SMILES string of the molecule is CCc1cccc(CNCC[C@H](Cc2cc(F)cc(F)c2)NC(=O)c2ccc3nc(C)oc3c2)c1. The molecule has 0 bridgehead atoms. The Morgan fingerprint density at radius 2 is 1.77 bits per heavy atom. The van der Waals surface area contributed by atoms with E-state index < -0.39 is 11.6 Å². The summed E-state index contributed by atoms with van der Waals surface area (Å²) in [5, 5.41) is 6.43. The first-order valence-electron chi connectivity index (χ1n) is 11.8. The van der Waals surface area contributed by atoms with Crippen molar-refractivity contribution in [1.29, 1.82) is 0 Å². The number of halogens is 2. The topological polar surface area (TPSA) is 67.2 Å². The van der Waals surface area contributed by atoms with Gasteiger partial charge in [-0.3, -0.25) is 4.79 Å². The molecule has 1 amide bonds. The van der Waals surface area contributed by atoms with Gasteiger partial charge in [-0.2, -0.15) is 0 Å². The van der Waals surface area contributed by atoms with Gasteiger partial charge in [0.1, 0.15) is 17.2 Å². The van der Waals surface area contributed by atoms with E-state index in [4.69, 9.17) is 4.42 Å². The van der Waals surface area contributed by atoms with E-state index >= 15 is 0 Å².